The SMILES string of the molecule is O=C(O)COc1ccccc1C(=O)Nc1ccc(Sc2ccccc2-c2nnn[nH]2)cc1. The minimum atomic E-state index is -1.12. The second-order valence-corrected chi connectivity index (χ2v) is 7.62. The Morgan fingerprint density at radius 1 is 1.00 bits per heavy atom. The molecule has 0 unspecified atom stereocenters. The monoisotopic (exact) mass is 447 g/mol. The van der Waals surface area contributed by atoms with Gasteiger partial charge in [-0.15, -0.1) is 5.10 Å². The number of nitrogens with zero attached hydrogens (tertiary/aromatic N) is 3. The van der Waals surface area contributed by atoms with Gasteiger partial charge in [-0.3, -0.25) is 4.79 Å². The van der Waals surface area contributed by atoms with Gasteiger partial charge in [-0.25, -0.2) is 9.89 Å². The Balaban J connectivity index is 1.46. The minimum absolute atomic E-state index is 0.207. The van der Waals surface area contributed by atoms with Gasteiger partial charge in [0.1, 0.15) is 5.75 Å². The number of carboxylic acid groups (broad SMARTS) is 1. The summed E-state index contributed by atoms with van der Waals surface area (Å²) in [6.07, 6.45) is 0. The molecule has 0 saturated carbocycles. The number of H-pyrrole nitrogens is 1. The maximum Gasteiger partial charge on any atom is 0.341 e. The topological polar surface area (TPSA) is 130 Å². The molecule has 1 aromatic heterocycles. The molecule has 10 heteroatoms. The maximum absolute atomic E-state index is 12.7. The van der Waals surface area contributed by atoms with Crippen LogP contribution in [0.15, 0.2) is 82.6 Å². The third-order valence-corrected chi connectivity index (χ3v) is 5.39. The third kappa shape index (κ3) is 5.10. The quantitative estimate of drug-likeness (QED) is 0.372. The molecule has 4 rings (SSSR count). The van der Waals surface area contributed by atoms with Gasteiger partial charge in [0.25, 0.3) is 5.91 Å². The van der Waals surface area contributed by atoms with Gasteiger partial charge in [-0.1, -0.05) is 36.0 Å². The normalized spacial score (nSPS) is 10.5. The van der Waals surface area contributed by atoms with E-state index in [0.717, 1.165) is 15.4 Å². The number of hydrogen-bond donors (Lipinski definition) is 3. The molecule has 9 nitrogen and oxygen atoms in total. The lowest BCUT2D eigenvalue weighted by Crippen LogP contribution is -2.16. The number of anilines is 1. The number of carboxylic acids is 1. The number of amides is 1. The predicted molar refractivity (Wildman–Crippen MR) is 118 cm³/mol. The van der Waals surface area contributed by atoms with Gasteiger partial charge >= 0.3 is 5.97 Å². The van der Waals surface area contributed by atoms with Crippen molar-refractivity contribution in [2.75, 3.05) is 11.9 Å². The lowest BCUT2D eigenvalue weighted by atomic mass is 10.2. The van der Waals surface area contributed by atoms with E-state index in [1.54, 1.807) is 48.2 Å². The van der Waals surface area contributed by atoms with E-state index < -0.39 is 18.5 Å². The Labute approximate surface area is 186 Å². The molecule has 3 aromatic carbocycles. The predicted octanol–water partition coefficient (Wildman–Crippen LogP) is 3.73. The van der Waals surface area contributed by atoms with Crippen LogP contribution in [0.4, 0.5) is 5.69 Å². The fourth-order valence-electron chi connectivity index (χ4n) is 2.88. The first-order valence-corrected chi connectivity index (χ1v) is 10.3. The summed E-state index contributed by atoms with van der Waals surface area (Å²) < 4.78 is 5.20. The molecule has 0 aliphatic rings. The number of aromatic amines is 1. The molecule has 160 valence electrons. The summed E-state index contributed by atoms with van der Waals surface area (Å²) in [4.78, 5) is 25.4. The third-order valence-electron chi connectivity index (χ3n) is 4.31. The zero-order valence-corrected chi connectivity index (χ0v) is 17.4. The number of para-hydroxylation sites is 1. The number of benzene rings is 3. The van der Waals surface area contributed by atoms with Crippen molar-refractivity contribution in [3.63, 3.8) is 0 Å². The maximum atomic E-state index is 12.7. The molecular formula is C22H17N5O4S. The Morgan fingerprint density at radius 2 is 1.75 bits per heavy atom. The van der Waals surface area contributed by atoms with Crippen molar-refractivity contribution in [1.82, 2.24) is 20.6 Å². The van der Waals surface area contributed by atoms with E-state index in [4.69, 9.17) is 9.84 Å². The number of carbonyl (C=O) groups excluding carboxylic acids is 1. The molecule has 1 heterocycles. The van der Waals surface area contributed by atoms with Gasteiger partial charge in [0, 0.05) is 21.0 Å². The molecule has 0 saturated heterocycles. The number of tetrazole rings is 1. The molecule has 1 amide bonds. The van der Waals surface area contributed by atoms with Crippen LogP contribution >= 0.6 is 11.8 Å². The zero-order valence-electron chi connectivity index (χ0n) is 16.6. The first kappa shape index (κ1) is 21.1. The van der Waals surface area contributed by atoms with Gasteiger partial charge in [-0.2, -0.15) is 0 Å². The van der Waals surface area contributed by atoms with Gasteiger partial charge in [0.2, 0.25) is 0 Å². The highest BCUT2D eigenvalue weighted by molar-refractivity contribution is 7.99. The van der Waals surface area contributed by atoms with E-state index >= 15 is 0 Å². The van der Waals surface area contributed by atoms with E-state index in [0.29, 0.717) is 11.5 Å². The number of aromatic nitrogens is 4. The van der Waals surface area contributed by atoms with E-state index in [1.807, 2.05) is 36.4 Å². The lowest BCUT2D eigenvalue weighted by Gasteiger charge is -2.11. The number of carbonyl (C=O) groups is 2. The molecule has 0 bridgehead atoms. The summed E-state index contributed by atoms with van der Waals surface area (Å²) >= 11 is 1.54. The number of aliphatic carboxylic acids is 1. The van der Waals surface area contributed by atoms with Gasteiger partial charge < -0.3 is 15.2 Å². The number of nitrogens with one attached hydrogen (secondary N) is 2. The second-order valence-electron chi connectivity index (χ2n) is 6.51. The van der Waals surface area contributed by atoms with Crippen LogP contribution in [0.5, 0.6) is 5.75 Å². The molecular weight excluding hydrogens is 430 g/mol. The Kier molecular flexibility index (Phi) is 6.42. The number of ether oxygens (including phenoxy) is 1. The average Bonchev–Trinajstić information content (AvgIpc) is 3.34. The smallest absolute Gasteiger partial charge is 0.341 e. The summed E-state index contributed by atoms with van der Waals surface area (Å²) in [5.41, 5.74) is 1.74. The fraction of sp³-hybridized carbons (Fsp3) is 0.0455. The molecule has 0 fully saturated rings. The van der Waals surface area contributed by atoms with Crippen molar-refractivity contribution in [3.8, 4) is 17.1 Å². The van der Waals surface area contributed by atoms with Gasteiger partial charge in [0.05, 0.1) is 5.56 Å². The molecule has 0 aliphatic heterocycles. The summed E-state index contributed by atoms with van der Waals surface area (Å²) in [5, 5.41) is 25.6. The average molecular weight is 447 g/mol. The van der Waals surface area contributed by atoms with Crippen LogP contribution in [0.3, 0.4) is 0 Å². The Morgan fingerprint density at radius 3 is 2.50 bits per heavy atom. The van der Waals surface area contributed by atoms with Crippen LogP contribution in [0.1, 0.15) is 10.4 Å². The van der Waals surface area contributed by atoms with Crippen LogP contribution in [0, 0.1) is 0 Å². The van der Waals surface area contributed by atoms with E-state index in [2.05, 4.69) is 25.9 Å². The van der Waals surface area contributed by atoms with E-state index in [-0.39, 0.29) is 11.3 Å². The number of hydrogen-bond acceptors (Lipinski definition) is 7. The molecule has 32 heavy (non-hydrogen) atoms. The van der Waals surface area contributed by atoms with Crippen molar-refractivity contribution in [2.45, 2.75) is 9.79 Å². The van der Waals surface area contributed by atoms with Crippen LogP contribution in [0.2, 0.25) is 0 Å². The molecule has 0 aliphatic carbocycles. The molecule has 0 spiro atoms. The minimum Gasteiger partial charge on any atom is -0.481 e. The number of rotatable bonds is 8. The molecule has 3 N–H and O–H groups in total. The molecule has 0 radical (unpaired) electrons. The lowest BCUT2D eigenvalue weighted by molar-refractivity contribution is -0.139. The van der Waals surface area contributed by atoms with Crippen LogP contribution < -0.4 is 10.1 Å². The largest absolute Gasteiger partial charge is 0.481 e. The highest BCUT2D eigenvalue weighted by Crippen LogP contribution is 2.34. The van der Waals surface area contributed by atoms with Crippen LogP contribution in [-0.4, -0.2) is 44.2 Å². The fourth-order valence-corrected chi connectivity index (χ4v) is 3.82. The van der Waals surface area contributed by atoms with Gasteiger partial charge in [-0.05, 0) is 59.0 Å². The Bertz CT molecular complexity index is 1230. The first-order chi connectivity index (χ1) is 15.6. The van der Waals surface area contributed by atoms with Crippen molar-refractivity contribution in [1.29, 1.82) is 0 Å². The van der Waals surface area contributed by atoms with Crippen molar-refractivity contribution >= 4 is 29.3 Å². The summed E-state index contributed by atoms with van der Waals surface area (Å²) in [6, 6.07) is 21.6. The van der Waals surface area contributed by atoms with Crippen LogP contribution in [-0.2, 0) is 4.79 Å². The zero-order chi connectivity index (χ0) is 22.3. The van der Waals surface area contributed by atoms with Crippen molar-refractivity contribution in [3.05, 3.63) is 78.4 Å². The standard InChI is InChI=1S/C22H17N5O4S/c28-20(29)13-31-18-7-3-1-5-16(18)22(30)23-14-9-11-15(12-10-14)32-19-8-4-2-6-17(19)21-24-26-27-25-21/h1-12H,13H2,(H,23,30)(H,28,29)(H,24,25,26,27). The van der Waals surface area contributed by atoms with E-state index in [1.165, 1.54) is 0 Å². The van der Waals surface area contributed by atoms with Crippen molar-refractivity contribution < 1.29 is 19.4 Å². The highest BCUT2D eigenvalue weighted by atomic mass is 32.2. The first-order valence-electron chi connectivity index (χ1n) is 9.46. The van der Waals surface area contributed by atoms with Gasteiger partial charge in [0.15, 0.2) is 12.4 Å². The molecule has 4 aromatic rings. The summed E-state index contributed by atoms with van der Waals surface area (Å²) in [6.45, 7) is -0.526. The highest BCUT2D eigenvalue weighted by Gasteiger charge is 2.14. The summed E-state index contributed by atoms with van der Waals surface area (Å²) in [5.74, 6) is -0.720. The Hall–Kier alpha value is -4.18. The molecule has 0 atom stereocenters. The van der Waals surface area contributed by atoms with Crippen molar-refractivity contribution in [2.24, 2.45) is 0 Å². The van der Waals surface area contributed by atoms with Crippen LogP contribution in [0.25, 0.3) is 11.4 Å². The second kappa shape index (κ2) is 9.75. The summed E-state index contributed by atoms with van der Waals surface area (Å²) in [7, 11) is 0. The van der Waals surface area contributed by atoms with E-state index in [9.17, 15) is 9.59 Å².